The molecule has 4 nitrogen and oxygen atoms in total. The van der Waals surface area contributed by atoms with Crippen LogP contribution >= 0.6 is 11.3 Å². The number of aromatic nitrogens is 4. The van der Waals surface area contributed by atoms with Gasteiger partial charge < -0.3 is 4.57 Å². The summed E-state index contributed by atoms with van der Waals surface area (Å²) >= 11 is 1.66. The molecule has 1 unspecified atom stereocenters. The summed E-state index contributed by atoms with van der Waals surface area (Å²) in [4.78, 5) is 9.60. The van der Waals surface area contributed by atoms with Crippen LogP contribution in [0.25, 0.3) is 70.2 Å². The van der Waals surface area contributed by atoms with Crippen LogP contribution in [0.2, 0.25) is 0 Å². The summed E-state index contributed by atoms with van der Waals surface area (Å²) in [7, 11) is 2.01. The zero-order chi connectivity index (χ0) is 29.4. The molecular weight excluding hydrogens is 564 g/mol. The lowest BCUT2D eigenvalue weighted by Gasteiger charge is -2.14. The van der Waals surface area contributed by atoms with Gasteiger partial charge in [0.1, 0.15) is 11.6 Å². The van der Waals surface area contributed by atoms with Gasteiger partial charge in [-0.2, -0.15) is 0 Å². The van der Waals surface area contributed by atoms with Gasteiger partial charge in [0, 0.05) is 55.3 Å². The number of hydrogen-bond donors (Lipinski definition) is 0. The molecule has 1 atom stereocenters. The van der Waals surface area contributed by atoms with Crippen LogP contribution in [-0.4, -0.2) is 19.1 Å². The van der Waals surface area contributed by atoms with Gasteiger partial charge in [-0.05, 0) is 54.1 Å². The number of aryl methyl sites for hydroxylation is 1. The maximum atomic E-state index is 17.2. The van der Waals surface area contributed by atoms with Crippen LogP contribution in [0.4, 0.5) is 4.39 Å². The van der Waals surface area contributed by atoms with Crippen molar-refractivity contribution in [2.75, 3.05) is 0 Å². The maximum absolute atomic E-state index is 17.2. The van der Waals surface area contributed by atoms with Crippen LogP contribution in [0.5, 0.6) is 0 Å². The average molecular weight is 589 g/mol. The highest BCUT2D eigenvalue weighted by Gasteiger charge is 2.25. The number of pyridine rings is 1. The van der Waals surface area contributed by atoms with Crippen molar-refractivity contribution in [3.05, 3.63) is 139 Å². The number of fused-ring (bicyclic) bond motifs is 8. The van der Waals surface area contributed by atoms with Crippen LogP contribution in [-0.2, 0) is 7.05 Å². The Morgan fingerprint density at radius 3 is 2.32 bits per heavy atom. The number of nitrogens with zero attached hydrogens (tertiary/aromatic N) is 4. The van der Waals surface area contributed by atoms with E-state index in [1.165, 1.54) is 0 Å². The standard InChI is InChI=1S/C38H25FN4S/c1-42-30-17-6-4-15-28(30)41-38(42)24-12-10-11-23(21-24)36(39)27-22-31-34(35-26-14-3-7-18-32(26)44-37(27)35)25-13-2-5-16-29(25)43(31)33-19-8-9-20-40-33/h2-22,36H,1H3. The van der Waals surface area contributed by atoms with E-state index in [4.69, 9.17) is 9.97 Å². The number of para-hydroxylation sites is 3. The first-order valence-electron chi connectivity index (χ1n) is 14.6. The predicted octanol–water partition coefficient (Wildman–Crippen LogP) is 10.2. The smallest absolute Gasteiger partial charge is 0.152 e. The van der Waals surface area contributed by atoms with Crippen LogP contribution in [0.1, 0.15) is 17.3 Å². The highest BCUT2D eigenvalue weighted by atomic mass is 32.1. The summed E-state index contributed by atoms with van der Waals surface area (Å²) in [5, 5.41) is 4.50. The third-order valence-corrected chi connectivity index (χ3v) is 9.91. The van der Waals surface area contributed by atoms with Crippen molar-refractivity contribution in [3.8, 4) is 17.2 Å². The molecule has 0 aliphatic rings. The molecular formula is C38H25FN4S. The maximum Gasteiger partial charge on any atom is 0.152 e. The van der Waals surface area contributed by atoms with E-state index in [9.17, 15) is 0 Å². The molecule has 0 aliphatic heterocycles. The van der Waals surface area contributed by atoms with Crippen LogP contribution < -0.4 is 0 Å². The van der Waals surface area contributed by atoms with Crippen molar-refractivity contribution in [2.24, 2.45) is 7.05 Å². The number of alkyl halides is 1. The lowest BCUT2D eigenvalue weighted by atomic mass is 9.96. The van der Waals surface area contributed by atoms with Gasteiger partial charge in [-0.1, -0.05) is 72.8 Å². The lowest BCUT2D eigenvalue weighted by molar-refractivity contribution is 0.405. The first-order chi connectivity index (χ1) is 21.7. The average Bonchev–Trinajstić information content (AvgIpc) is 3.74. The van der Waals surface area contributed by atoms with Gasteiger partial charge in [-0.15, -0.1) is 11.3 Å². The molecule has 210 valence electrons. The molecule has 6 heteroatoms. The summed E-state index contributed by atoms with van der Waals surface area (Å²) in [5.41, 5.74) is 6.12. The Balaban J connectivity index is 1.33. The third-order valence-electron chi connectivity index (χ3n) is 8.69. The van der Waals surface area contributed by atoms with Crippen LogP contribution in [0.15, 0.2) is 128 Å². The number of rotatable bonds is 4. The van der Waals surface area contributed by atoms with Gasteiger partial charge in [0.15, 0.2) is 6.17 Å². The third kappa shape index (κ3) is 3.61. The lowest BCUT2D eigenvalue weighted by Crippen LogP contribution is -2.00. The van der Waals surface area contributed by atoms with E-state index in [0.29, 0.717) is 11.1 Å². The minimum atomic E-state index is -1.35. The first kappa shape index (κ1) is 25.2. The van der Waals surface area contributed by atoms with Crippen molar-refractivity contribution in [1.82, 2.24) is 19.1 Å². The van der Waals surface area contributed by atoms with E-state index in [1.807, 2.05) is 73.8 Å². The second kappa shape index (κ2) is 9.59. The highest BCUT2D eigenvalue weighted by molar-refractivity contribution is 7.26. The molecule has 4 aromatic heterocycles. The summed E-state index contributed by atoms with van der Waals surface area (Å²) < 4.78 is 23.6. The van der Waals surface area contributed by atoms with E-state index in [1.54, 1.807) is 17.5 Å². The molecule has 0 spiro atoms. The molecule has 0 fully saturated rings. The predicted molar refractivity (Wildman–Crippen MR) is 181 cm³/mol. The molecule has 5 aromatic carbocycles. The second-order valence-electron chi connectivity index (χ2n) is 11.2. The number of thiophene rings is 1. The van der Waals surface area contributed by atoms with Crippen molar-refractivity contribution >= 4 is 64.3 Å². The molecule has 0 saturated heterocycles. The van der Waals surface area contributed by atoms with Gasteiger partial charge >= 0.3 is 0 Å². The van der Waals surface area contributed by atoms with Crippen LogP contribution in [0, 0.1) is 0 Å². The summed E-state index contributed by atoms with van der Waals surface area (Å²) in [5.74, 6) is 1.63. The minimum Gasteiger partial charge on any atom is -0.327 e. The Morgan fingerprint density at radius 2 is 1.48 bits per heavy atom. The van der Waals surface area contributed by atoms with Gasteiger partial charge in [-0.25, -0.2) is 14.4 Å². The Morgan fingerprint density at radius 1 is 0.705 bits per heavy atom. The van der Waals surface area contributed by atoms with Crippen molar-refractivity contribution in [2.45, 2.75) is 6.17 Å². The van der Waals surface area contributed by atoms with Crippen molar-refractivity contribution < 1.29 is 4.39 Å². The Kier molecular flexibility index (Phi) is 5.49. The number of benzene rings is 5. The van der Waals surface area contributed by atoms with E-state index >= 15 is 4.39 Å². The van der Waals surface area contributed by atoms with Gasteiger partial charge in [0.25, 0.3) is 0 Å². The quantitative estimate of drug-likeness (QED) is 0.205. The zero-order valence-corrected chi connectivity index (χ0v) is 24.6. The molecule has 0 aliphatic carbocycles. The zero-order valence-electron chi connectivity index (χ0n) is 23.8. The summed E-state index contributed by atoms with van der Waals surface area (Å²) in [6.45, 7) is 0. The molecule has 9 rings (SSSR count). The number of imidazole rings is 1. The molecule has 0 radical (unpaired) electrons. The van der Waals surface area contributed by atoms with E-state index < -0.39 is 6.17 Å². The Bertz CT molecular complexity index is 2540. The summed E-state index contributed by atoms with van der Waals surface area (Å²) in [6, 6.07) is 40.6. The minimum absolute atomic E-state index is 0.605. The summed E-state index contributed by atoms with van der Waals surface area (Å²) in [6.07, 6.45) is 0.458. The van der Waals surface area contributed by atoms with E-state index in [0.717, 1.165) is 70.2 Å². The Labute approximate surface area is 256 Å². The normalized spacial score (nSPS) is 12.7. The van der Waals surface area contributed by atoms with Crippen molar-refractivity contribution in [1.29, 1.82) is 0 Å². The van der Waals surface area contributed by atoms with Gasteiger partial charge in [0.05, 0.1) is 22.1 Å². The molecule has 4 heterocycles. The number of hydrogen-bond acceptors (Lipinski definition) is 3. The fourth-order valence-electron chi connectivity index (χ4n) is 6.71. The Hall–Kier alpha value is -5.33. The molecule has 0 bridgehead atoms. The monoisotopic (exact) mass is 588 g/mol. The SMILES string of the molecule is Cn1c(-c2cccc(C(F)c3cc4c(c5ccccc5n4-c4ccccn4)c4c3sc3ccccc34)c2)nc2ccccc21. The van der Waals surface area contributed by atoms with Gasteiger partial charge in [-0.3, -0.25) is 4.57 Å². The second-order valence-corrected chi connectivity index (χ2v) is 12.2. The van der Waals surface area contributed by atoms with Crippen LogP contribution in [0.3, 0.4) is 0 Å². The molecule has 0 saturated carbocycles. The fourth-order valence-corrected chi connectivity index (χ4v) is 7.95. The van der Waals surface area contributed by atoms with Crippen molar-refractivity contribution in [3.63, 3.8) is 0 Å². The molecule has 44 heavy (non-hydrogen) atoms. The highest BCUT2D eigenvalue weighted by Crippen LogP contribution is 2.47. The topological polar surface area (TPSA) is 35.6 Å². The van der Waals surface area contributed by atoms with E-state index in [-0.39, 0.29) is 0 Å². The fraction of sp³-hybridized carbons (Fsp3) is 0.0526. The first-order valence-corrected chi connectivity index (χ1v) is 15.4. The largest absolute Gasteiger partial charge is 0.327 e. The molecule has 9 aromatic rings. The number of halogens is 1. The molecule has 0 N–H and O–H groups in total. The molecule has 0 amide bonds. The van der Waals surface area contributed by atoms with Gasteiger partial charge in [0.2, 0.25) is 0 Å². The van der Waals surface area contributed by atoms with E-state index in [2.05, 4.69) is 63.7 Å².